The van der Waals surface area contributed by atoms with Crippen LogP contribution in [0.4, 0.5) is 13.2 Å². The summed E-state index contributed by atoms with van der Waals surface area (Å²) in [5, 5.41) is 0.557. The van der Waals surface area contributed by atoms with Crippen LogP contribution in [0.5, 0.6) is 0 Å². The second kappa shape index (κ2) is 7.66. The molecule has 2 heterocycles. The summed E-state index contributed by atoms with van der Waals surface area (Å²) in [5.41, 5.74) is -0.740. The van der Waals surface area contributed by atoms with Crippen molar-refractivity contribution in [3.05, 3.63) is 29.0 Å². The SMILES string of the molecule is CC[C@@H](C)S(=O)N[C@@H](C)c1nc(-c2ccnc(C(F)(F)F)c2)ns1. The summed E-state index contributed by atoms with van der Waals surface area (Å²) in [6.07, 6.45) is -2.67. The number of hydrogen-bond donors (Lipinski definition) is 1. The molecule has 0 aliphatic heterocycles. The summed E-state index contributed by atoms with van der Waals surface area (Å²) in [5.74, 6) is 0.200. The van der Waals surface area contributed by atoms with Gasteiger partial charge in [0, 0.05) is 17.0 Å². The molecule has 0 bridgehead atoms. The number of nitrogens with zero attached hydrogens (tertiary/aromatic N) is 3. The average Bonchev–Trinajstić information content (AvgIpc) is 3.03. The first kappa shape index (κ1) is 18.9. The summed E-state index contributed by atoms with van der Waals surface area (Å²) >= 11 is 1.07. The molecule has 0 fully saturated rings. The van der Waals surface area contributed by atoms with Crippen LogP contribution >= 0.6 is 11.5 Å². The van der Waals surface area contributed by atoms with Gasteiger partial charge in [0.25, 0.3) is 0 Å². The average molecular weight is 378 g/mol. The lowest BCUT2D eigenvalue weighted by Crippen LogP contribution is -2.28. The Kier molecular flexibility index (Phi) is 6.05. The summed E-state index contributed by atoms with van der Waals surface area (Å²) in [7, 11) is -1.22. The molecular weight excluding hydrogens is 361 g/mol. The number of hydrogen-bond acceptors (Lipinski definition) is 5. The van der Waals surface area contributed by atoms with Crippen molar-refractivity contribution < 1.29 is 17.4 Å². The van der Waals surface area contributed by atoms with E-state index in [4.69, 9.17) is 0 Å². The highest BCUT2D eigenvalue weighted by Crippen LogP contribution is 2.30. The molecule has 0 saturated heterocycles. The van der Waals surface area contributed by atoms with E-state index < -0.39 is 22.9 Å². The minimum absolute atomic E-state index is 0.00520. The molecular formula is C14H17F3N4OS2. The molecule has 5 nitrogen and oxygen atoms in total. The molecule has 2 aromatic heterocycles. The Morgan fingerprint density at radius 3 is 2.71 bits per heavy atom. The monoisotopic (exact) mass is 378 g/mol. The van der Waals surface area contributed by atoms with Crippen molar-refractivity contribution >= 4 is 22.5 Å². The van der Waals surface area contributed by atoms with E-state index in [1.165, 1.54) is 6.07 Å². The van der Waals surface area contributed by atoms with Gasteiger partial charge in [-0.3, -0.25) is 4.98 Å². The maximum Gasteiger partial charge on any atom is 0.433 e. The molecule has 0 spiro atoms. The van der Waals surface area contributed by atoms with Crippen molar-refractivity contribution in [2.24, 2.45) is 0 Å². The Balaban J connectivity index is 2.17. The van der Waals surface area contributed by atoms with Crippen LogP contribution < -0.4 is 4.72 Å². The van der Waals surface area contributed by atoms with E-state index in [1.807, 2.05) is 13.8 Å². The van der Waals surface area contributed by atoms with Crippen molar-refractivity contribution in [3.63, 3.8) is 0 Å². The van der Waals surface area contributed by atoms with E-state index >= 15 is 0 Å². The highest BCUT2D eigenvalue weighted by atomic mass is 32.2. The first-order chi connectivity index (χ1) is 11.2. The van der Waals surface area contributed by atoms with Gasteiger partial charge in [-0.15, -0.1) is 0 Å². The largest absolute Gasteiger partial charge is 0.433 e. The van der Waals surface area contributed by atoms with Gasteiger partial charge in [-0.2, -0.15) is 17.5 Å². The van der Waals surface area contributed by atoms with Crippen LogP contribution in [0.2, 0.25) is 0 Å². The molecule has 0 radical (unpaired) electrons. The molecule has 0 amide bonds. The van der Waals surface area contributed by atoms with Crippen molar-refractivity contribution in [3.8, 4) is 11.4 Å². The molecule has 1 unspecified atom stereocenters. The Morgan fingerprint density at radius 2 is 2.08 bits per heavy atom. The minimum Gasteiger partial charge on any atom is -0.252 e. The fourth-order valence-electron chi connectivity index (χ4n) is 1.75. The zero-order valence-corrected chi connectivity index (χ0v) is 14.9. The molecule has 0 saturated carbocycles. The molecule has 132 valence electrons. The Bertz CT molecular complexity index is 720. The minimum atomic E-state index is -4.52. The second-order valence-corrected chi connectivity index (χ2v) is 7.66. The molecule has 0 aliphatic rings. The van der Waals surface area contributed by atoms with Crippen LogP contribution in [0.3, 0.4) is 0 Å². The Morgan fingerprint density at radius 1 is 1.38 bits per heavy atom. The maximum atomic E-state index is 12.7. The molecule has 3 atom stereocenters. The smallest absolute Gasteiger partial charge is 0.252 e. The molecule has 1 N–H and O–H groups in total. The van der Waals surface area contributed by atoms with Crippen molar-refractivity contribution in [1.29, 1.82) is 0 Å². The predicted molar refractivity (Wildman–Crippen MR) is 87.6 cm³/mol. The third kappa shape index (κ3) is 4.58. The van der Waals surface area contributed by atoms with Crippen molar-refractivity contribution in [2.75, 3.05) is 0 Å². The van der Waals surface area contributed by atoms with E-state index in [9.17, 15) is 17.4 Å². The molecule has 0 aliphatic carbocycles. The van der Waals surface area contributed by atoms with Gasteiger partial charge in [0.15, 0.2) is 5.82 Å². The fraction of sp³-hybridized carbons (Fsp3) is 0.500. The number of nitrogens with one attached hydrogen (secondary N) is 1. The van der Waals surface area contributed by atoms with Crippen LogP contribution in [0.15, 0.2) is 18.3 Å². The zero-order chi connectivity index (χ0) is 17.9. The van der Waals surface area contributed by atoms with Gasteiger partial charge in [0.1, 0.15) is 10.7 Å². The number of aromatic nitrogens is 3. The molecule has 2 aromatic rings. The van der Waals surface area contributed by atoms with Gasteiger partial charge < -0.3 is 0 Å². The Hall–Kier alpha value is -1.39. The predicted octanol–water partition coefficient (Wildman–Crippen LogP) is 3.73. The summed E-state index contributed by atoms with van der Waals surface area (Å²) < 4.78 is 57.2. The van der Waals surface area contributed by atoms with Gasteiger partial charge in [-0.1, -0.05) is 6.92 Å². The molecule has 10 heteroatoms. The fourth-order valence-corrected chi connectivity index (χ4v) is 3.49. The highest BCUT2D eigenvalue weighted by molar-refractivity contribution is 7.83. The van der Waals surface area contributed by atoms with Crippen molar-refractivity contribution in [2.45, 2.75) is 44.7 Å². The van der Waals surface area contributed by atoms with Gasteiger partial charge in [0.2, 0.25) is 0 Å². The first-order valence-electron chi connectivity index (χ1n) is 7.26. The highest BCUT2D eigenvalue weighted by Gasteiger charge is 2.32. The van der Waals surface area contributed by atoms with Crippen molar-refractivity contribution in [1.82, 2.24) is 19.1 Å². The zero-order valence-electron chi connectivity index (χ0n) is 13.3. The summed E-state index contributed by atoms with van der Waals surface area (Å²) in [6, 6.07) is 2.03. The van der Waals surface area contributed by atoms with Gasteiger partial charge in [-0.25, -0.2) is 13.9 Å². The van der Waals surface area contributed by atoms with E-state index in [0.717, 1.165) is 30.2 Å². The number of rotatable bonds is 6. The van der Waals surface area contributed by atoms with Crippen LogP contribution in [0.25, 0.3) is 11.4 Å². The van der Waals surface area contributed by atoms with Crippen LogP contribution in [-0.4, -0.2) is 23.8 Å². The second-order valence-electron chi connectivity index (χ2n) is 5.24. The normalized spacial score (nSPS) is 15.9. The van der Waals surface area contributed by atoms with Crippen LogP contribution in [-0.2, 0) is 17.2 Å². The summed E-state index contributed by atoms with van der Waals surface area (Å²) in [4.78, 5) is 7.57. The lowest BCUT2D eigenvalue weighted by Gasteiger charge is -2.13. The van der Waals surface area contributed by atoms with E-state index in [2.05, 4.69) is 19.1 Å². The lowest BCUT2D eigenvalue weighted by molar-refractivity contribution is -0.141. The summed E-state index contributed by atoms with van der Waals surface area (Å²) in [6.45, 7) is 5.61. The van der Waals surface area contributed by atoms with Gasteiger partial charge >= 0.3 is 6.18 Å². The third-order valence-electron chi connectivity index (χ3n) is 3.35. The Labute approximate surface area is 144 Å². The van der Waals surface area contributed by atoms with E-state index in [0.29, 0.717) is 5.01 Å². The number of halogens is 3. The quantitative estimate of drug-likeness (QED) is 0.832. The van der Waals surface area contributed by atoms with E-state index in [-0.39, 0.29) is 22.7 Å². The van der Waals surface area contributed by atoms with Crippen LogP contribution in [0, 0.1) is 0 Å². The lowest BCUT2D eigenvalue weighted by atomic mass is 10.2. The number of pyridine rings is 1. The molecule has 0 aromatic carbocycles. The van der Waals surface area contributed by atoms with E-state index in [1.54, 1.807) is 6.92 Å². The molecule has 24 heavy (non-hydrogen) atoms. The third-order valence-corrected chi connectivity index (χ3v) is 5.90. The van der Waals surface area contributed by atoms with Crippen LogP contribution in [0.1, 0.15) is 43.9 Å². The van der Waals surface area contributed by atoms with Gasteiger partial charge in [-0.05, 0) is 43.9 Å². The standard InChI is InChI=1S/C14H17F3N4OS2/c1-4-8(2)24(22)21-9(3)13-19-12(20-23-13)10-5-6-18-11(7-10)14(15,16)17/h5-9,21H,4H2,1-3H3/t8-,9+,24?/m1/s1. The molecule has 2 rings (SSSR count). The first-order valence-corrected chi connectivity index (χ1v) is 9.25. The topological polar surface area (TPSA) is 67.8 Å². The van der Waals surface area contributed by atoms with Gasteiger partial charge in [0.05, 0.1) is 17.0 Å². The number of alkyl halides is 3. The maximum absolute atomic E-state index is 12.7.